The average molecular weight is 205 g/mol. The first-order valence-corrected chi connectivity index (χ1v) is 5.78. The largest absolute Gasteiger partial charge is 0.313 e. The van der Waals surface area contributed by atoms with Crippen molar-refractivity contribution in [3.8, 4) is 0 Å². The summed E-state index contributed by atoms with van der Waals surface area (Å²) in [4.78, 5) is 0. The fourth-order valence-corrected chi connectivity index (χ4v) is 2.10. The summed E-state index contributed by atoms with van der Waals surface area (Å²) in [6.07, 6.45) is 1.19. The van der Waals surface area contributed by atoms with Crippen molar-refractivity contribution < 1.29 is 0 Å². The summed E-state index contributed by atoms with van der Waals surface area (Å²) in [6.45, 7) is 8.87. The first kappa shape index (κ1) is 12.3. The quantitative estimate of drug-likeness (QED) is 0.791. The van der Waals surface area contributed by atoms with E-state index in [9.17, 15) is 0 Å². The highest BCUT2D eigenvalue weighted by Gasteiger charge is 2.11. The van der Waals surface area contributed by atoms with Crippen LogP contribution in [0, 0.1) is 19.8 Å². The van der Waals surface area contributed by atoms with E-state index in [1.807, 2.05) is 7.05 Å². The molecule has 1 aromatic rings. The molecule has 1 N–H and O–H groups in total. The van der Waals surface area contributed by atoms with E-state index in [1.165, 1.54) is 23.1 Å². The van der Waals surface area contributed by atoms with Gasteiger partial charge in [-0.2, -0.15) is 0 Å². The topological polar surface area (TPSA) is 12.0 Å². The molecule has 0 fully saturated rings. The standard InChI is InChI=1S/C14H23N/c1-10(2)6-14(15-5)13-8-11(3)7-12(4)9-13/h7-10,14-15H,6H2,1-5H3. The van der Waals surface area contributed by atoms with Crippen molar-refractivity contribution in [3.05, 3.63) is 34.9 Å². The van der Waals surface area contributed by atoms with Gasteiger partial charge in [-0.15, -0.1) is 0 Å². The second-order valence-corrected chi connectivity index (χ2v) is 4.89. The predicted molar refractivity (Wildman–Crippen MR) is 67.2 cm³/mol. The molecule has 0 aliphatic rings. The Morgan fingerprint density at radius 1 is 1.07 bits per heavy atom. The lowest BCUT2D eigenvalue weighted by Crippen LogP contribution is -2.18. The zero-order chi connectivity index (χ0) is 11.4. The van der Waals surface area contributed by atoms with Gasteiger partial charge in [-0.25, -0.2) is 0 Å². The molecular formula is C14H23N. The van der Waals surface area contributed by atoms with Gasteiger partial charge in [0, 0.05) is 6.04 Å². The molecule has 1 unspecified atom stereocenters. The molecule has 0 aliphatic heterocycles. The smallest absolute Gasteiger partial charge is 0.0320 e. The summed E-state index contributed by atoms with van der Waals surface area (Å²) < 4.78 is 0. The van der Waals surface area contributed by atoms with Gasteiger partial charge in [0.15, 0.2) is 0 Å². The van der Waals surface area contributed by atoms with Crippen LogP contribution in [0.4, 0.5) is 0 Å². The molecule has 1 rings (SSSR count). The third kappa shape index (κ3) is 3.67. The molecular weight excluding hydrogens is 182 g/mol. The Labute approximate surface area is 93.9 Å². The summed E-state index contributed by atoms with van der Waals surface area (Å²) >= 11 is 0. The number of benzene rings is 1. The highest BCUT2D eigenvalue weighted by atomic mass is 14.9. The van der Waals surface area contributed by atoms with Crippen molar-refractivity contribution in [1.29, 1.82) is 0 Å². The molecule has 1 heteroatoms. The van der Waals surface area contributed by atoms with Crippen LogP contribution in [0.1, 0.15) is 43.0 Å². The monoisotopic (exact) mass is 205 g/mol. The van der Waals surface area contributed by atoms with Gasteiger partial charge >= 0.3 is 0 Å². The molecule has 84 valence electrons. The fraction of sp³-hybridized carbons (Fsp3) is 0.571. The minimum atomic E-state index is 0.489. The van der Waals surface area contributed by atoms with Crippen LogP contribution >= 0.6 is 0 Å². The van der Waals surface area contributed by atoms with Crippen LogP contribution in [0.3, 0.4) is 0 Å². The van der Waals surface area contributed by atoms with Crippen molar-refractivity contribution in [2.45, 2.75) is 40.2 Å². The lowest BCUT2D eigenvalue weighted by molar-refractivity contribution is 0.456. The van der Waals surface area contributed by atoms with E-state index < -0.39 is 0 Å². The first-order valence-electron chi connectivity index (χ1n) is 5.78. The molecule has 0 aromatic heterocycles. The molecule has 15 heavy (non-hydrogen) atoms. The van der Waals surface area contributed by atoms with E-state index >= 15 is 0 Å². The van der Waals surface area contributed by atoms with Crippen molar-refractivity contribution in [3.63, 3.8) is 0 Å². The Morgan fingerprint density at radius 3 is 2.00 bits per heavy atom. The second kappa shape index (κ2) is 5.32. The summed E-state index contributed by atoms with van der Waals surface area (Å²) in [5.41, 5.74) is 4.13. The van der Waals surface area contributed by atoms with Gasteiger partial charge in [-0.05, 0) is 38.8 Å². The average Bonchev–Trinajstić information content (AvgIpc) is 2.12. The summed E-state index contributed by atoms with van der Waals surface area (Å²) in [5, 5.41) is 3.40. The molecule has 0 saturated carbocycles. The van der Waals surface area contributed by atoms with Crippen molar-refractivity contribution >= 4 is 0 Å². The Kier molecular flexibility index (Phi) is 4.34. The molecule has 0 amide bonds. The molecule has 0 saturated heterocycles. The predicted octanol–water partition coefficient (Wildman–Crippen LogP) is 3.61. The fourth-order valence-electron chi connectivity index (χ4n) is 2.10. The van der Waals surface area contributed by atoms with Crippen molar-refractivity contribution in [2.75, 3.05) is 7.05 Å². The SMILES string of the molecule is CNC(CC(C)C)c1cc(C)cc(C)c1. The number of aryl methyl sites for hydroxylation is 2. The number of hydrogen-bond donors (Lipinski definition) is 1. The minimum Gasteiger partial charge on any atom is -0.313 e. The van der Waals surface area contributed by atoms with E-state index in [4.69, 9.17) is 0 Å². The highest BCUT2D eigenvalue weighted by Crippen LogP contribution is 2.22. The second-order valence-electron chi connectivity index (χ2n) is 4.89. The van der Waals surface area contributed by atoms with Gasteiger partial charge in [-0.1, -0.05) is 43.2 Å². The summed E-state index contributed by atoms with van der Waals surface area (Å²) in [5.74, 6) is 0.725. The number of hydrogen-bond acceptors (Lipinski definition) is 1. The van der Waals surface area contributed by atoms with Gasteiger partial charge in [0.25, 0.3) is 0 Å². The van der Waals surface area contributed by atoms with Gasteiger partial charge in [0.2, 0.25) is 0 Å². The van der Waals surface area contributed by atoms with E-state index in [0.29, 0.717) is 6.04 Å². The van der Waals surface area contributed by atoms with E-state index in [1.54, 1.807) is 0 Å². The molecule has 1 nitrogen and oxygen atoms in total. The molecule has 1 atom stereocenters. The number of nitrogens with one attached hydrogen (secondary N) is 1. The third-order valence-corrected chi connectivity index (χ3v) is 2.70. The minimum absolute atomic E-state index is 0.489. The molecule has 0 aliphatic carbocycles. The zero-order valence-electron chi connectivity index (χ0n) is 10.6. The van der Waals surface area contributed by atoms with Gasteiger partial charge in [0.1, 0.15) is 0 Å². The third-order valence-electron chi connectivity index (χ3n) is 2.70. The molecule has 0 heterocycles. The van der Waals surface area contributed by atoms with Crippen LogP contribution in [0.15, 0.2) is 18.2 Å². The van der Waals surface area contributed by atoms with Crippen LogP contribution in [-0.4, -0.2) is 7.05 Å². The van der Waals surface area contributed by atoms with E-state index in [0.717, 1.165) is 5.92 Å². The lowest BCUT2D eigenvalue weighted by atomic mass is 9.95. The van der Waals surface area contributed by atoms with Crippen LogP contribution in [0.25, 0.3) is 0 Å². The Hall–Kier alpha value is -0.820. The van der Waals surface area contributed by atoms with Gasteiger partial charge < -0.3 is 5.32 Å². The highest BCUT2D eigenvalue weighted by molar-refractivity contribution is 5.30. The lowest BCUT2D eigenvalue weighted by Gasteiger charge is -2.19. The Morgan fingerprint density at radius 2 is 1.60 bits per heavy atom. The van der Waals surface area contributed by atoms with Crippen LogP contribution in [-0.2, 0) is 0 Å². The maximum Gasteiger partial charge on any atom is 0.0320 e. The van der Waals surface area contributed by atoms with Gasteiger partial charge in [-0.3, -0.25) is 0 Å². The zero-order valence-corrected chi connectivity index (χ0v) is 10.6. The van der Waals surface area contributed by atoms with Crippen LogP contribution < -0.4 is 5.32 Å². The van der Waals surface area contributed by atoms with E-state index in [2.05, 4.69) is 51.2 Å². The normalized spacial score (nSPS) is 13.2. The van der Waals surface area contributed by atoms with Crippen molar-refractivity contribution in [2.24, 2.45) is 5.92 Å². The number of rotatable bonds is 4. The van der Waals surface area contributed by atoms with E-state index in [-0.39, 0.29) is 0 Å². The van der Waals surface area contributed by atoms with Crippen molar-refractivity contribution in [1.82, 2.24) is 5.32 Å². The van der Waals surface area contributed by atoms with Crippen LogP contribution in [0.2, 0.25) is 0 Å². The molecule has 0 bridgehead atoms. The molecule has 1 aromatic carbocycles. The molecule has 0 spiro atoms. The first-order chi connectivity index (χ1) is 7.02. The Bertz CT molecular complexity index is 295. The maximum absolute atomic E-state index is 3.40. The summed E-state index contributed by atoms with van der Waals surface area (Å²) in [7, 11) is 2.05. The molecule has 0 radical (unpaired) electrons. The van der Waals surface area contributed by atoms with Gasteiger partial charge in [0.05, 0.1) is 0 Å². The maximum atomic E-state index is 3.40. The van der Waals surface area contributed by atoms with Crippen LogP contribution in [0.5, 0.6) is 0 Å². The summed E-state index contributed by atoms with van der Waals surface area (Å²) in [6, 6.07) is 7.29. The Balaban J connectivity index is 2.91.